The summed E-state index contributed by atoms with van der Waals surface area (Å²) in [6.07, 6.45) is -10.4. The molecule has 0 aliphatic carbocycles. The Labute approximate surface area is 121 Å². The number of halogens is 6. The summed E-state index contributed by atoms with van der Waals surface area (Å²) in [5, 5.41) is 0. The quantitative estimate of drug-likeness (QED) is 0.303. The van der Waals surface area contributed by atoms with Crippen LogP contribution in [0.4, 0.5) is 26.3 Å². The summed E-state index contributed by atoms with van der Waals surface area (Å²) in [4.78, 5) is -4.41. The topological polar surface area (TPSA) is 0 Å². The zero-order chi connectivity index (χ0) is 13.7. The molecule has 0 spiro atoms. The summed E-state index contributed by atoms with van der Waals surface area (Å²) < 4.78 is 69.0. The molecule has 0 atom stereocenters. The van der Waals surface area contributed by atoms with E-state index >= 15 is 0 Å². The average molecular weight is 347 g/mol. The predicted molar refractivity (Wildman–Crippen MR) is 55.9 cm³/mol. The molecule has 0 aliphatic heterocycles. The third kappa shape index (κ3) is 7.86. The van der Waals surface area contributed by atoms with Gasteiger partial charge in [-0.2, -0.15) is 44.5 Å². The molecular formula is C9H5F6FeS2-3. The maximum Gasteiger partial charge on any atom is 0.391 e. The second kappa shape index (κ2) is 7.93. The van der Waals surface area contributed by atoms with Crippen LogP contribution in [-0.2, 0) is 42.3 Å². The van der Waals surface area contributed by atoms with E-state index in [-0.39, 0.29) is 17.1 Å². The van der Waals surface area contributed by atoms with E-state index in [0.29, 0.717) is 0 Å². The van der Waals surface area contributed by atoms with Gasteiger partial charge in [0.1, 0.15) is 0 Å². The number of hydrogen-bond donors (Lipinski definition) is 0. The van der Waals surface area contributed by atoms with Gasteiger partial charge in [-0.25, -0.2) is 12.1 Å². The third-order valence-corrected chi connectivity index (χ3v) is 2.28. The molecule has 0 nitrogen and oxygen atoms in total. The first kappa shape index (κ1) is 20.0. The Balaban J connectivity index is 0. The number of hydrogen-bond acceptors (Lipinski definition) is 2. The van der Waals surface area contributed by atoms with E-state index in [1.807, 2.05) is 30.3 Å². The molecule has 0 N–H and O–H groups in total. The molecule has 1 rings (SSSR count). The molecule has 0 heterocycles. The van der Waals surface area contributed by atoms with Gasteiger partial charge in [0, 0.05) is 17.1 Å². The molecule has 0 unspecified atom stereocenters. The maximum atomic E-state index is 11.5. The van der Waals surface area contributed by atoms with E-state index in [2.05, 4.69) is 25.3 Å². The van der Waals surface area contributed by atoms with Gasteiger partial charge in [0.25, 0.3) is 0 Å². The van der Waals surface area contributed by atoms with E-state index in [9.17, 15) is 26.3 Å². The Morgan fingerprint density at radius 1 is 0.778 bits per heavy atom. The van der Waals surface area contributed by atoms with Crippen LogP contribution in [0.1, 0.15) is 0 Å². The van der Waals surface area contributed by atoms with E-state index in [0.717, 1.165) is 0 Å². The Kier molecular flexibility index (Phi) is 8.80. The first-order valence-corrected chi connectivity index (χ1v) is 4.78. The molecule has 0 fully saturated rings. The summed E-state index contributed by atoms with van der Waals surface area (Å²) in [6.45, 7) is 0. The van der Waals surface area contributed by atoms with E-state index in [1.54, 1.807) is 0 Å². The monoisotopic (exact) mass is 347 g/mol. The van der Waals surface area contributed by atoms with Gasteiger partial charge in [-0.15, -0.1) is 9.81 Å². The van der Waals surface area contributed by atoms with E-state index in [1.165, 1.54) is 0 Å². The molecule has 0 radical (unpaired) electrons. The van der Waals surface area contributed by atoms with Crippen LogP contribution in [0.5, 0.6) is 0 Å². The molecule has 18 heavy (non-hydrogen) atoms. The second-order valence-corrected chi connectivity index (χ2v) is 3.43. The minimum absolute atomic E-state index is 0. The zero-order valence-corrected chi connectivity index (χ0v) is 11.1. The number of alkyl halides is 6. The summed E-state index contributed by atoms with van der Waals surface area (Å²) >= 11 is 6.95. The first-order valence-electron chi connectivity index (χ1n) is 3.96. The molecule has 106 valence electrons. The van der Waals surface area contributed by atoms with Crippen molar-refractivity contribution in [2.75, 3.05) is 0 Å². The van der Waals surface area contributed by atoms with Gasteiger partial charge in [-0.3, -0.25) is 0 Å². The van der Waals surface area contributed by atoms with Crippen molar-refractivity contribution in [1.29, 1.82) is 0 Å². The largest absolute Gasteiger partial charge is 0.777 e. The summed E-state index contributed by atoms with van der Waals surface area (Å²) in [5.41, 5.74) is 0. The standard InChI is InChI=1S/C5H5.C4H2F6S2.Fe/c1-2-4-5-3-1;5-3(6,7)1(11)2(12)4(8,9)10;/h1-5H;11-12H;/q-1;;/p-2/b;2-1-;. The molecular weight excluding hydrogens is 342 g/mol. The van der Waals surface area contributed by atoms with Crippen LogP contribution < -0.4 is 0 Å². The maximum absolute atomic E-state index is 11.5. The van der Waals surface area contributed by atoms with Gasteiger partial charge >= 0.3 is 12.4 Å². The Morgan fingerprint density at radius 3 is 1.17 bits per heavy atom. The van der Waals surface area contributed by atoms with Crippen molar-refractivity contribution < 1.29 is 43.4 Å². The van der Waals surface area contributed by atoms with Crippen LogP contribution in [0.15, 0.2) is 40.1 Å². The fourth-order valence-corrected chi connectivity index (χ4v) is 0.810. The van der Waals surface area contributed by atoms with Crippen molar-refractivity contribution in [3.05, 3.63) is 40.1 Å². The molecule has 9 heteroatoms. The van der Waals surface area contributed by atoms with E-state index in [4.69, 9.17) is 0 Å². The van der Waals surface area contributed by atoms with Crippen LogP contribution in [0.2, 0.25) is 0 Å². The van der Waals surface area contributed by atoms with Crippen molar-refractivity contribution in [3.8, 4) is 0 Å². The Bertz CT molecular complexity index is 313. The van der Waals surface area contributed by atoms with Gasteiger partial charge in [-0.1, -0.05) is 0 Å². The minimum atomic E-state index is -5.19. The first-order chi connectivity index (χ1) is 7.57. The van der Waals surface area contributed by atoms with Gasteiger partial charge in [0.05, 0.1) is 0 Å². The van der Waals surface area contributed by atoms with E-state index < -0.39 is 22.2 Å². The van der Waals surface area contributed by atoms with Crippen molar-refractivity contribution in [1.82, 2.24) is 0 Å². The molecule has 0 amide bonds. The minimum Gasteiger partial charge on any atom is -0.777 e. The van der Waals surface area contributed by atoms with Gasteiger partial charge in [0.2, 0.25) is 0 Å². The second-order valence-electron chi connectivity index (χ2n) is 2.62. The summed E-state index contributed by atoms with van der Waals surface area (Å²) in [5.74, 6) is 0. The van der Waals surface area contributed by atoms with Crippen LogP contribution in [0.25, 0.3) is 0 Å². The zero-order valence-electron chi connectivity index (χ0n) is 8.32. The van der Waals surface area contributed by atoms with Gasteiger partial charge in [-0.05, 0) is 0 Å². The predicted octanol–water partition coefficient (Wildman–Crippen LogP) is 3.82. The third-order valence-electron chi connectivity index (χ3n) is 1.28. The van der Waals surface area contributed by atoms with Crippen LogP contribution in [0.3, 0.4) is 0 Å². The summed E-state index contributed by atoms with van der Waals surface area (Å²) in [7, 11) is 0. The fourth-order valence-electron chi connectivity index (χ4n) is 0.578. The fraction of sp³-hybridized carbons (Fsp3) is 0.222. The smallest absolute Gasteiger partial charge is 0.391 e. The summed E-state index contributed by atoms with van der Waals surface area (Å²) in [6, 6.07) is 10.0. The average Bonchev–Trinajstić information content (AvgIpc) is 2.70. The molecule has 0 saturated carbocycles. The van der Waals surface area contributed by atoms with Crippen molar-refractivity contribution in [3.63, 3.8) is 0 Å². The van der Waals surface area contributed by atoms with Crippen molar-refractivity contribution >= 4 is 25.3 Å². The number of rotatable bonds is 0. The van der Waals surface area contributed by atoms with Crippen LogP contribution in [0, 0.1) is 0 Å². The van der Waals surface area contributed by atoms with Crippen LogP contribution in [-0.4, -0.2) is 12.4 Å². The van der Waals surface area contributed by atoms with Gasteiger partial charge in [0.15, 0.2) is 0 Å². The molecule has 1 aromatic carbocycles. The van der Waals surface area contributed by atoms with Crippen molar-refractivity contribution in [2.24, 2.45) is 0 Å². The Morgan fingerprint density at radius 2 is 1.06 bits per heavy atom. The number of allylic oxidation sites excluding steroid dienone is 2. The SMILES string of the molecule is FC(F)(F)/C([S-])=C(/[S-])C(F)(F)F.[Fe].c1cc[cH-]c1. The molecule has 0 bridgehead atoms. The molecule has 0 aromatic heterocycles. The normalized spacial score (nSPS) is 12.8. The van der Waals surface area contributed by atoms with Gasteiger partial charge < -0.3 is 25.3 Å². The molecule has 0 saturated heterocycles. The van der Waals surface area contributed by atoms with Crippen LogP contribution >= 0.6 is 0 Å². The van der Waals surface area contributed by atoms with Crippen molar-refractivity contribution in [2.45, 2.75) is 12.4 Å². The Hall–Kier alpha value is -0.371. The molecule has 0 aliphatic rings. The molecule has 1 aromatic rings.